The molecular weight excluding hydrogens is 222 g/mol. The number of carbonyl (C=O) groups is 2. The van der Waals surface area contributed by atoms with Crippen molar-refractivity contribution in [3.05, 3.63) is 29.3 Å². The highest BCUT2D eigenvalue weighted by atomic mass is 16.5. The standard InChI is InChI=1S/C12H11NO4/c1-17-10-7-9(12(15)16)6-5-8(10)3-2-4-11(13)14/h5-7H,4H2,1H3,(H2,13,14)(H,15,16). The largest absolute Gasteiger partial charge is 0.495 e. The molecule has 0 heterocycles. The molecular formula is C12H11NO4. The summed E-state index contributed by atoms with van der Waals surface area (Å²) in [6.45, 7) is 0. The molecule has 0 unspecified atom stereocenters. The second-order valence-corrected chi connectivity index (χ2v) is 3.17. The molecule has 0 saturated heterocycles. The fourth-order valence-corrected chi connectivity index (χ4v) is 1.15. The van der Waals surface area contributed by atoms with E-state index in [0.29, 0.717) is 11.3 Å². The minimum Gasteiger partial charge on any atom is -0.495 e. The first-order valence-corrected chi connectivity index (χ1v) is 4.73. The second kappa shape index (κ2) is 5.56. The zero-order chi connectivity index (χ0) is 12.8. The minimum atomic E-state index is -1.04. The summed E-state index contributed by atoms with van der Waals surface area (Å²) in [5.74, 6) is 4.06. The van der Waals surface area contributed by atoms with Crippen LogP contribution in [0.4, 0.5) is 0 Å². The van der Waals surface area contributed by atoms with Crippen LogP contribution < -0.4 is 10.5 Å². The van der Waals surface area contributed by atoms with Gasteiger partial charge in [-0.05, 0) is 18.2 Å². The van der Waals surface area contributed by atoms with E-state index in [0.717, 1.165) is 0 Å². The predicted molar refractivity (Wildman–Crippen MR) is 60.6 cm³/mol. The van der Waals surface area contributed by atoms with Crippen molar-refractivity contribution in [1.29, 1.82) is 0 Å². The van der Waals surface area contributed by atoms with Crippen LogP contribution in [0.2, 0.25) is 0 Å². The Kier molecular flexibility index (Phi) is 4.12. The Morgan fingerprint density at radius 3 is 2.71 bits per heavy atom. The number of aromatic carboxylic acids is 1. The van der Waals surface area contributed by atoms with E-state index < -0.39 is 11.9 Å². The quantitative estimate of drug-likeness (QED) is 0.749. The van der Waals surface area contributed by atoms with Gasteiger partial charge in [0.05, 0.1) is 24.7 Å². The number of benzene rings is 1. The third-order valence-corrected chi connectivity index (χ3v) is 1.93. The lowest BCUT2D eigenvalue weighted by atomic mass is 10.1. The number of primary amides is 1. The molecule has 1 aromatic carbocycles. The minimum absolute atomic E-state index is 0.0517. The van der Waals surface area contributed by atoms with Gasteiger partial charge in [0, 0.05) is 0 Å². The molecule has 0 atom stereocenters. The van der Waals surface area contributed by atoms with Crippen LogP contribution in [0.5, 0.6) is 5.75 Å². The number of rotatable bonds is 3. The van der Waals surface area contributed by atoms with Gasteiger partial charge >= 0.3 is 5.97 Å². The van der Waals surface area contributed by atoms with Crippen LogP contribution in [-0.4, -0.2) is 24.1 Å². The van der Waals surface area contributed by atoms with E-state index in [1.54, 1.807) is 0 Å². The van der Waals surface area contributed by atoms with Crippen molar-refractivity contribution < 1.29 is 19.4 Å². The van der Waals surface area contributed by atoms with Crippen LogP contribution in [-0.2, 0) is 4.79 Å². The number of methoxy groups -OCH3 is 1. The van der Waals surface area contributed by atoms with Gasteiger partial charge in [-0.25, -0.2) is 4.79 Å². The molecule has 0 radical (unpaired) electrons. The number of carboxylic acid groups (broad SMARTS) is 1. The van der Waals surface area contributed by atoms with Crippen molar-refractivity contribution in [2.45, 2.75) is 6.42 Å². The highest BCUT2D eigenvalue weighted by Crippen LogP contribution is 2.19. The number of carbonyl (C=O) groups excluding carboxylic acids is 1. The van der Waals surface area contributed by atoms with E-state index in [2.05, 4.69) is 11.8 Å². The number of hydrogen-bond acceptors (Lipinski definition) is 3. The van der Waals surface area contributed by atoms with Crippen LogP contribution in [0, 0.1) is 11.8 Å². The summed E-state index contributed by atoms with van der Waals surface area (Å²) >= 11 is 0. The van der Waals surface area contributed by atoms with Gasteiger partial charge in [0.1, 0.15) is 5.75 Å². The molecule has 0 aliphatic rings. The molecule has 1 amide bonds. The molecule has 5 heteroatoms. The van der Waals surface area contributed by atoms with E-state index in [-0.39, 0.29) is 12.0 Å². The Balaban J connectivity index is 3.03. The Morgan fingerprint density at radius 1 is 1.47 bits per heavy atom. The third kappa shape index (κ3) is 3.54. The third-order valence-electron chi connectivity index (χ3n) is 1.93. The first kappa shape index (κ1) is 12.6. The van der Waals surface area contributed by atoms with Crippen LogP contribution in [0.1, 0.15) is 22.3 Å². The Bertz CT molecular complexity index is 511. The number of carboxylic acids is 1. The summed E-state index contributed by atoms with van der Waals surface area (Å²) in [4.78, 5) is 21.2. The lowest BCUT2D eigenvalue weighted by Gasteiger charge is -2.03. The fraction of sp³-hybridized carbons (Fsp3) is 0.167. The van der Waals surface area contributed by atoms with Gasteiger partial charge in [0.2, 0.25) is 5.91 Å². The molecule has 0 bridgehead atoms. The maximum Gasteiger partial charge on any atom is 0.335 e. The van der Waals surface area contributed by atoms with Crippen molar-refractivity contribution in [3.8, 4) is 17.6 Å². The average Bonchev–Trinajstić information content (AvgIpc) is 2.28. The molecule has 1 rings (SSSR count). The van der Waals surface area contributed by atoms with E-state index in [1.165, 1.54) is 25.3 Å². The molecule has 0 saturated carbocycles. The normalized spacial score (nSPS) is 9.00. The predicted octanol–water partition coefficient (Wildman–Crippen LogP) is 0.620. The zero-order valence-corrected chi connectivity index (χ0v) is 9.19. The van der Waals surface area contributed by atoms with Gasteiger partial charge in [0.15, 0.2) is 0 Å². The van der Waals surface area contributed by atoms with Gasteiger partial charge in [-0.1, -0.05) is 11.8 Å². The summed E-state index contributed by atoms with van der Waals surface area (Å²) in [6.07, 6.45) is -0.0517. The van der Waals surface area contributed by atoms with Crippen molar-refractivity contribution in [1.82, 2.24) is 0 Å². The van der Waals surface area contributed by atoms with Crippen LogP contribution in [0.15, 0.2) is 18.2 Å². The summed E-state index contributed by atoms with van der Waals surface area (Å²) in [7, 11) is 1.42. The highest BCUT2D eigenvalue weighted by molar-refractivity contribution is 5.88. The maximum atomic E-state index is 10.7. The Hall–Kier alpha value is -2.48. The summed E-state index contributed by atoms with van der Waals surface area (Å²) in [5, 5.41) is 8.79. The molecule has 0 spiro atoms. The summed E-state index contributed by atoms with van der Waals surface area (Å²) in [5.41, 5.74) is 5.57. The Morgan fingerprint density at radius 2 is 2.18 bits per heavy atom. The van der Waals surface area contributed by atoms with Crippen molar-refractivity contribution >= 4 is 11.9 Å². The topological polar surface area (TPSA) is 89.6 Å². The molecule has 17 heavy (non-hydrogen) atoms. The first-order valence-electron chi connectivity index (χ1n) is 4.73. The van der Waals surface area contributed by atoms with Crippen molar-refractivity contribution in [2.75, 3.05) is 7.11 Å². The zero-order valence-electron chi connectivity index (χ0n) is 9.19. The molecule has 0 aromatic heterocycles. The highest BCUT2D eigenvalue weighted by Gasteiger charge is 2.07. The SMILES string of the molecule is COc1cc(C(=O)O)ccc1C#CCC(N)=O. The lowest BCUT2D eigenvalue weighted by Crippen LogP contribution is -2.08. The van der Waals surface area contributed by atoms with E-state index >= 15 is 0 Å². The molecule has 88 valence electrons. The van der Waals surface area contributed by atoms with Crippen molar-refractivity contribution in [3.63, 3.8) is 0 Å². The average molecular weight is 233 g/mol. The fourth-order valence-electron chi connectivity index (χ4n) is 1.15. The molecule has 0 aliphatic heterocycles. The molecule has 5 nitrogen and oxygen atoms in total. The van der Waals surface area contributed by atoms with Gasteiger partial charge in [0.25, 0.3) is 0 Å². The monoisotopic (exact) mass is 233 g/mol. The smallest absolute Gasteiger partial charge is 0.335 e. The second-order valence-electron chi connectivity index (χ2n) is 3.17. The van der Waals surface area contributed by atoms with Crippen LogP contribution in [0.25, 0.3) is 0 Å². The molecule has 0 fully saturated rings. The summed E-state index contributed by atoms with van der Waals surface area (Å²) < 4.78 is 5.01. The molecule has 3 N–H and O–H groups in total. The van der Waals surface area contributed by atoms with Crippen molar-refractivity contribution in [2.24, 2.45) is 5.73 Å². The number of nitrogens with two attached hydrogens (primary N) is 1. The number of hydrogen-bond donors (Lipinski definition) is 2. The molecule has 1 aromatic rings. The van der Waals surface area contributed by atoms with Gasteiger partial charge in [-0.2, -0.15) is 0 Å². The molecule has 0 aliphatic carbocycles. The van der Waals surface area contributed by atoms with E-state index in [4.69, 9.17) is 15.6 Å². The van der Waals surface area contributed by atoms with Gasteiger partial charge in [-0.3, -0.25) is 4.79 Å². The number of ether oxygens (including phenoxy) is 1. The number of amides is 1. The lowest BCUT2D eigenvalue weighted by molar-refractivity contribution is -0.117. The van der Waals surface area contributed by atoms with Crippen LogP contribution >= 0.6 is 0 Å². The van der Waals surface area contributed by atoms with Gasteiger partial charge in [-0.15, -0.1) is 0 Å². The van der Waals surface area contributed by atoms with E-state index in [1.807, 2.05) is 0 Å². The van der Waals surface area contributed by atoms with Crippen LogP contribution in [0.3, 0.4) is 0 Å². The first-order chi connectivity index (χ1) is 8.04. The Labute approximate surface area is 98.2 Å². The summed E-state index contributed by atoms with van der Waals surface area (Å²) in [6, 6.07) is 4.31. The van der Waals surface area contributed by atoms with Gasteiger partial charge < -0.3 is 15.6 Å². The van der Waals surface area contributed by atoms with E-state index in [9.17, 15) is 9.59 Å². The maximum absolute atomic E-state index is 10.7.